The average molecular weight is 304 g/mol. The molecule has 0 saturated heterocycles. The monoisotopic (exact) mass is 303 g/mol. The molecule has 2 aromatic rings. The zero-order chi connectivity index (χ0) is 14.0. The molecule has 0 heterocycles. The summed E-state index contributed by atoms with van der Waals surface area (Å²) in [5.74, 6) is -1.54. The summed E-state index contributed by atoms with van der Waals surface area (Å²) in [7, 11) is 0. The molecule has 2 aromatic carbocycles. The average Bonchev–Trinajstić information content (AvgIpc) is 2.32. The van der Waals surface area contributed by atoms with Gasteiger partial charge in [-0.3, -0.25) is 0 Å². The van der Waals surface area contributed by atoms with E-state index in [9.17, 15) is 13.9 Å². The Kier molecular flexibility index (Phi) is 4.12. The molecule has 0 bridgehead atoms. The number of anilines is 1. The summed E-state index contributed by atoms with van der Waals surface area (Å²) in [6, 6.07) is 6.37. The van der Waals surface area contributed by atoms with Crippen LogP contribution in [0.2, 0.25) is 10.0 Å². The molecule has 19 heavy (non-hydrogen) atoms. The van der Waals surface area contributed by atoms with Crippen molar-refractivity contribution < 1.29 is 13.9 Å². The van der Waals surface area contributed by atoms with Crippen LogP contribution in [0.1, 0.15) is 5.56 Å². The minimum atomic E-state index is -0.769. The molecule has 0 aliphatic carbocycles. The van der Waals surface area contributed by atoms with E-state index in [1.807, 2.05) is 0 Å². The molecule has 0 aliphatic heterocycles. The lowest BCUT2D eigenvalue weighted by molar-refractivity contribution is 0.475. The van der Waals surface area contributed by atoms with Gasteiger partial charge in [-0.2, -0.15) is 0 Å². The molecule has 0 amide bonds. The lowest BCUT2D eigenvalue weighted by atomic mass is 10.2. The Labute approximate surface area is 118 Å². The van der Waals surface area contributed by atoms with Crippen LogP contribution in [0.4, 0.5) is 14.5 Å². The van der Waals surface area contributed by atoms with Gasteiger partial charge in [-0.05, 0) is 23.8 Å². The Morgan fingerprint density at radius 1 is 1.05 bits per heavy atom. The van der Waals surface area contributed by atoms with Crippen LogP contribution < -0.4 is 5.32 Å². The zero-order valence-corrected chi connectivity index (χ0v) is 11.1. The molecule has 2 rings (SSSR count). The maximum absolute atomic E-state index is 13.5. The van der Waals surface area contributed by atoms with Crippen molar-refractivity contribution in [3.63, 3.8) is 0 Å². The van der Waals surface area contributed by atoms with Gasteiger partial charge in [0.25, 0.3) is 0 Å². The Hall–Kier alpha value is -1.52. The van der Waals surface area contributed by atoms with E-state index in [4.69, 9.17) is 23.2 Å². The summed E-state index contributed by atoms with van der Waals surface area (Å²) in [4.78, 5) is 0. The molecule has 0 spiro atoms. The molecular weight excluding hydrogens is 295 g/mol. The molecule has 0 saturated carbocycles. The van der Waals surface area contributed by atoms with E-state index in [1.54, 1.807) is 12.1 Å². The molecule has 0 atom stereocenters. The van der Waals surface area contributed by atoms with Crippen molar-refractivity contribution in [2.45, 2.75) is 6.54 Å². The van der Waals surface area contributed by atoms with Crippen LogP contribution in [0.15, 0.2) is 30.3 Å². The van der Waals surface area contributed by atoms with E-state index in [0.29, 0.717) is 0 Å². The number of phenols is 1. The van der Waals surface area contributed by atoms with Crippen molar-refractivity contribution in [3.05, 3.63) is 57.6 Å². The van der Waals surface area contributed by atoms with Crippen molar-refractivity contribution >= 4 is 28.9 Å². The summed E-state index contributed by atoms with van der Waals surface area (Å²) < 4.78 is 26.4. The first-order chi connectivity index (χ1) is 8.97. The normalized spacial score (nSPS) is 10.5. The minimum Gasteiger partial charge on any atom is -0.506 e. The third-order valence-corrected chi connectivity index (χ3v) is 3.09. The van der Waals surface area contributed by atoms with Gasteiger partial charge in [0.2, 0.25) is 0 Å². The Bertz CT molecular complexity index is 597. The molecule has 6 heteroatoms. The Morgan fingerprint density at radius 3 is 2.42 bits per heavy atom. The number of rotatable bonds is 3. The number of halogens is 4. The molecule has 0 aliphatic rings. The first-order valence-corrected chi connectivity index (χ1v) is 6.09. The van der Waals surface area contributed by atoms with E-state index < -0.39 is 11.6 Å². The SMILES string of the molecule is Oc1ccc(CNc2c(F)cc(F)cc2Cl)cc1Cl. The van der Waals surface area contributed by atoms with E-state index in [1.165, 1.54) is 6.07 Å². The number of hydrogen-bond acceptors (Lipinski definition) is 2. The predicted octanol–water partition coefficient (Wildman–Crippen LogP) is 4.59. The van der Waals surface area contributed by atoms with Crippen molar-refractivity contribution in [3.8, 4) is 5.75 Å². The van der Waals surface area contributed by atoms with Crippen molar-refractivity contribution in [1.82, 2.24) is 0 Å². The number of phenolic OH excluding ortho intramolecular Hbond substituents is 1. The summed E-state index contributed by atoms with van der Waals surface area (Å²) in [6.45, 7) is 0.238. The molecular formula is C13H9Cl2F2NO. The predicted molar refractivity (Wildman–Crippen MR) is 71.8 cm³/mol. The van der Waals surface area contributed by atoms with E-state index in [-0.39, 0.29) is 28.0 Å². The van der Waals surface area contributed by atoms with Gasteiger partial charge in [0.05, 0.1) is 15.7 Å². The highest BCUT2D eigenvalue weighted by atomic mass is 35.5. The van der Waals surface area contributed by atoms with Gasteiger partial charge in [-0.25, -0.2) is 8.78 Å². The van der Waals surface area contributed by atoms with Gasteiger partial charge in [0.1, 0.15) is 11.6 Å². The minimum absolute atomic E-state index is 0.0206. The second kappa shape index (κ2) is 5.63. The quantitative estimate of drug-likeness (QED) is 0.869. The third-order valence-electron chi connectivity index (χ3n) is 2.49. The smallest absolute Gasteiger partial charge is 0.150 e. The van der Waals surface area contributed by atoms with Crippen molar-refractivity contribution in [2.24, 2.45) is 0 Å². The van der Waals surface area contributed by atoms with Gasteiger partial charge in [0.15, 0.2) is 5.82 Å². The van der Waals surface area contributed by atoms with Crippen LogP contribution >= 0.6 is 23.2 Å². The van der Waals surface area contributed by atoms with Crippen LogP contribution in [0.5, 0.6) is 5.75 Å². The topological polar surface area (TPSA) is 32.3 Å². The lowest BCUT2D eigenvalue weighted by Crippen LogP contribution is -2.02. The van der Waals surface area contributed by atoms with Crippen molar-refractivity contribution in [2.75, 3.05) is 5.32 Å². The highest BCUT2D eigenvalue weighted by Crippen LogP contribution is 2.28. The van der Waals surface area contributed by atoms with Crippen LogP contribution in [0.25, 0.3) is 0 Å². The fraction of sp³-hybridized carbons (Fsp3) is 0.0769. The first kappa shape index (κ1) is 13.9. The van der Waals surface area contributed by atoms with Crippen LogP contribution in [0, 0.1) is 11.6 Å². The third kappa shape index (κ3) is 3.28. The highest BCUT2D eigenvalue weighted by Gasteiger charge is 2.10. The number of hydrogen-bond donors (Lipinski definition) is 2. The molecule has 2 N–H and O–H groups in total. The summed E-state index contributed by atoms with van der Waals surface area (Å²) >= 11 is 11.5. The zero-order valence-electron chi connectivity index (χ0n) is 9.55. The maximum atomic E-state index is 13.5. The molecule has 100 valence electrons. The largest absolute Gasteiger partial charge is 0.506 e. The van der Waals surface area contributed by atoms with E-state index >= 15 is 0 Å². The highest BCUT2D eigenvalue weighted by molar-refractivity contribution is 6.33. The summed E-state index contributed by atoms with van der Waals surface area (Å²) in [5, 5.41) is 12.2. The second-order valence-electron chi connectivity index (χ2n) is 3.88. The van der Waals surface area contributed by atoms with Gasteiger partial charge in [0, 0.05) is 12.6 Å². The second-order valence-corrected chi connectivity index (χ2v) is 4.70. The molecule has 0 aromatic heterocycles. The first-order valence-electron chi connectivity index (χ1n) is 5.33. The molecule has 2 nitrogen and oxygen atoms in total. The number of nitrogens with one attached hydrogen (secondary N) is 1. The van der Waals surface area contributed by atoms with Gasteiger partial charge in [-0.15, -0.1) is 0 Å². The summed E-state index contributed by atoms with van der Waals surface area (Å²) in [6.07, 6.45) is 0. The lowest BCUT2D eigenvalue weighted by Gasteiger charge is -2.10. The number of aromatic hydroxyl groups is 1. The molecule has 0 unspecified atom stereocenters. The van der Waals surface area contributed by atoms with Gasteiger partial charge >= 0.3 is 0 Å². The number of benzene rings is 2. The Morgan fingerprint density at radius 2 is 1.79 bits per heavy atom. The van der Waals surface area contributed by atoms with E-state index in [0.717, 1.165) is 17.7 Å². The van der Waals surface area contributed by atoms with E-state index in [2.05, 4.69) is 5.32 Å². The van der Waals surface area contributed by atoms with Crippen LogP contribution in [-0.2, 0) is 6.54 Å². The molecule has 0 radical (unpaired) electrons. The Balaban J connectivity index is 2.16. The standard InChI is InChI=1S/C13H9Cl2F2NO/c14-9-3-7(1-2-12(9)19)6-18-13-10(15)4-8(16)5-11(13)17/h1-5,18-19H,6H2. The van der Waals surface area contributed by atoms with Crippen LogP contribution in [0.3, 0.4) is 0 Å². The van der Waals surface area contributed by atoms with Gasteiger partial charge in [-0.1, -0.05) is 29.3 Å². The molecule has 0 fully saturated rings. The van der Waals surface area contributed by atoms with Crippen LogP contribution in [-0.4, -0.2) is 5.11 Å². The fourth-order valence-electron chi connectivity index (χ4n) is 1.56. The fourth-order valence-corrected chi connectivity index (χ4v) is 2.03. The maximum Gasteiger partial charge on any atom is 0.150 e. The van der Waals surface area contributed by atoms with Crippen molar-refractivity contribution in [1.29, 1.82) is 0 Å². The summed E-state index contributed by atoms with van der Waals surface area (Å²) in [5.41, 5.74) is 0.745. The van der Waals surface area contributed by atoms with Gasteiger partial charge < -0.3 is 10.4 Å².